The number of ether oxygens (including phenoxy) is 1. The van der Waals surface area contributed by atoms with Crippen LogP contribution in [0.15, 0.2) is 24.3 Å². The highest BCUT2D eigenvalue weighted by Crippen LogP contribution is 2.25. The quantitative estimate of drug-likeness (QED) is 0.626. The minimum atomic E-state index is -0.225. The van der Waals surface area contributed by atoms with Gasteiger partial charge in [-0.15, -0.1) is 0 Å². The molecule has 0 atom stereocenters. The smallest absolute Gasteiger partial charge is 0.306 e. The van der Waals surface area contributed by atoms with E-state index in [1.54, 1.807) is 6.92 Å². The number of hydrogen-bond acceptors (Lipinski definition) is 6. The first kappa shape index (κ1) is 15.8. The second kappa shape index (κ2) is 7.99. The number of benzene rings is 1. The molecule has 0 aliphatic rings. The monoisotopic (exact) mass is 324 g/mol. The highest BCUT2D eigenvalue weighted by atomic mass is 32.2. The molecule has 0 aliphatic heterocycles. The summed E-state index contributed by atoms with van der Waals surface area (Å²) >= 11 is 2.86. The number of hydrogen-bond donors (Lipinski definition) is 1. The summed E-state index contributed by atoms with van der Waals surface area (Å²) in [5.41, 5.74) is 0.882. The molecule has 7 heteroatoms. The van der Waals surface area contributed by atoms with Gasteiger partial charge in [0.2, 0.25) is 5.91 Å². The Labute approximate surface area is 131 Å². The fourth-order valence-corrected chi connectivity index (χ4v) is 3.23. The molecule has 0 saturated heterocycles. The zero-order chi connectivity index (χ0) is 15.1. The SMILES string of the molecule is CCOC(=O)CCSCC(=O)Nc1nc2ccccc2s1. The lowest BCUT2D eigenvalue weighted by Gasteiger charge is -2.02. The van der Waals surface area contributed by atoms with E-state index in [9.17, 15) is 9.59 Å². The Morgan fingerprint density at radius 1 is 1.38 bits per heavy atom. The van der Waals surface area contributed by atoms with Crippen molar-refractivity contribution in [1.29, 1.82) is 0 Å². The van der Waals surface area contributed by atoms with Crippen LogP contribution in [-0.4, -0.2) is 35.0 Å². The van der Waals surface area contributed by atoms with E-state index >= 15 is 0 Å². The third-order valence-corrected chi connectivity index (χ3v) is 4.44. The molecule has 0 spiro atoms. The number of esters is 1. The summed E-state index contributed by atoms with van der Waals surface area (Å²) < 4.78 is 5.86. The number of carbonyl (C=O) groups is 2. The van der Waals surface area contributed by atoms with Crippen molar-refractivity contribution >= 4 is 50.3 Å². The van der Waals surface area contributed by atoms with Crippen LogP contribution in [0.25, 0.3) is 10.2 Å². The van der Waals surface area contributed by atoms with Gasteiger partial charge in [-0.25, -0.2) is 4.98 Å². The summed E-state index contributed by atoms with van der Waals surface area (Å²) in [5, 5.41) is 3.38. The van der Waals surface area contributed by atoms with E-state index in [4.69, 9.17) is 4.74 Å². The standard InChI is InChI=1S/C14H16N2O3S2/c1-2-19-13(18)7-8-20-9-12(17)16-14-15-10-5-3-4-6-11(10)21-14/h3-6H,2,7-9H2,1H3,(H,15,16,17). The highest BCUT2D eigenvalue weighted by molar-refractivity contribution is 7.99. The predicted molar refractivity (Wildman–Crippen MR) is 86.8 cm³/mol. The van der Waals surface area contributed by atoms with Crippen molar-refractivity contribution < 1.29 is 14.3 Å². The number of nitrogens with zero attached hydrogens (tertiary/aromatic N) is 1. The van der Waals surface area contributed by atoms with Crippen molar-refractivity contribution in [2.24, 2.45) is 0 Å². The van der Waals surface area contributed by atoms with Gasteiger partial charge in [0.25, 0.3) is 0 Å². The number of thioether (sulfide) groups is 1. The van der Waals surface area contributed by atoms with Gasteiger partial charge in [0.15, 0.2) is 5.13 Å². The van der Waals surface area contributed by atoms with Crippen LogP contribution in [0.5, 0.6) is 0 Å². The number of amides is 1. The Kier molecular flexibility index (Phi) is 6.01. The second-order valence-corrected chi connectivity index (χ2v) is 6.28. The number of anilines is 1. The summed E-state index contributed by atoms with van der Waals surface area (Å²) in [6.45, 7) is 2.16. The van der Waals surface area contributed by atoms with Gasteiger partial charge in [-0.1, -0.05) is 23.5 Å². The molecule has 2 aromatic rings. The molecule has 21 heavy (non-hydrogen) atoms. The van der Waals surface area contributed by atoms with Gasteiger partial charge in [0.05, 0.1) is 29.0 Å². The van der Waals surface area contributed by atoms with Crippen LogP contribution >= 0.6 is 23.1 Å². The summed E-state index contributed by atoms with van der Waals surface area (Å²) in [6.07, 6.45) is 0.326. The van der Waals surface area contributed by atoms with E-state index in [1.165, 1.54) is 23.1 Å². The number of fused-ring (bicyclic) bond motifs is 1. The number of aromatic nitrogens is 1. The van der Waals surface area contributed by atoms with Crippen LogP contribution in [-0.2, 0) is 14.3 Å². The molecule has 0 radical (unpaired) electrons. The molecule has 1 aromatic heterocycles. The van der Waals surface area contributed by atoms with E-state index in [2.05, 4.69) is 10.3 Å². The molecule has 5 nitrogen and oxygen atoms in total. The first-order valence-electron chi connectivity index (χ1n) is 6.58. The van der Waals surface area contributed by atoms with Gasteiger partial charge < -0.3 is 10.1 Å². The number of carbonyl (C=O) groups excluding carboxylic acids is 2. The predicted octanol–water partition coefficient (Wildman–Crippen LogP) is 2.92. The third kappa shape index (κ3) is 5.02. The van der Waals surface area contributed by atoms with Gasteiger partial charge in [-0.05, 0) is 19.1 Å². The zero-order valence-corrected chi connectivity index (χ0v) is 13.3. The van der Waals surface area contributed by atoms with E-state index in [1.807, 2.05) is 24.3 Å². The number of thiazole rings is 1. The topological polar surface area (TPSA) is 68.3 Å². The molecule has 2 rings (SSSR count). The fraction of sp³-hybridized carbons (Fsp3) is 0.357. The molecular formula is C14H16N2O3S2. The Bertz CT molecular complexity index is 594. The van der Waals surface area contributed by atoms with E-state index in [0.29, 0.717) is 29.7 Å². The Morgan fingerprint density at radius 2 is 2.19 bits per heavy atom. The van der Waals surface area contributed by atoms with Crippen molar-refractivity contribution in [3.05, 3.63) is 24.3 Å². The third-order valence-electron chi connectivity index (χ3n) is 2.53. The number of rotatable bonds is 7. The molecule has 0 bridgehead atoms. The maximum absolute atomic E-state index is 11.8. The Hall–Kier alpha value is -1.60. The van der Waals surface area contributed by atoms with Crippen LogP contribution in [0.3, 0.4) is 0 Å². The molecule has 112 valence electrons. The van der Waals surface area contributed by atoms with Crippen molar-refractivity contribution in [3.63, 3.8) is 0 Å². The molecule has 0 saturated carbocycles. The van der Waals surface area contributed by atoms with Gasteiger partial charge >= 0.3 is 5.97 Å². The van der Waals surface area contributed by atoms with Crippen LogP contribution in [0.1, 0.15) is 13.3 Å². The maximum atomic E-state index is 11.8. The Balaban J connectivity index is 1.73. The molecule has 0 unspecified atom stereocenters. The highest BCUT2D eigenvalue weighted by Gasteiger charge is 2.08. The fourth-order valence-electron chi connectivity index (χ4n) is 1.63. The van der Waals surface area contributed by atoms with E-state index in [-0.39, 0.29) is 11.9 Å². The minimum absolute atomic E-state index is 0.108. The molecule has 1 aromatic carbocycles. The van der Waals surface area contributed by atoms with Crippen LogP contribution in [0, 0.1) is 0 Å². The van der Waals surface area contributed by atoms with Crippen LogP contribution in [0.4, 0.5) is 5.13 Å². The van der Waals surface area contributed by atoms with E-state index < -0.39 is 0 Å². The summed E-state index contributed by atoms with van der Waals surface area (Å²) in [6, 6.07) is 7.74. The normalized spacial score (nSPS) is 10.5. The van der Waals surface area contributed by atoms with Crippen LogP contribution in [0.2, 0.25) is 0 Å². The first-order valence-corrected chi connectivity index (χ1v) is 8.55. The molecule has 0 fully saturated rings. The van der Waals surface area contributed by atoms with Gasteiger partial charge in [-0.3, -0.25) is 9.59 Å². The lowest BCUT2D eigenvalue weighted by Crippen LogP contribution is -2.14. The number of nitrogens with one attached hydrogen (secondary N) is 1. The van der Waals surface area contributed by atoms with Crippen LogP contribution < -0.4 is 5.32 Å². The average molecular weight is 324 g/mol. The molecular weight excluding hydrogens is 308 g/mol. The molecule has 1 heterocycles. The van der Waals surface area contributed by atoms with Crippen molar-refractivity contribution in [2.75, 3.05) is 23.4 Å². The zero-order valence-electron chi connectivity index (χ0n) is 11.6. The van der Waals surface area contributed by atoms with Gasteiger partial charge in [0.1, 0.15) is 0 Å². The summed E-state index contributed by atoms with van der Waals surface area (Å²) in [5.74, 6) is 0.543. The number of para-hydroxylation sites is 1. The van der Waals surface area contributed by atoms with Crippen molar-refractivity contribution in [2.45, 2.75) is 13.3 Å². The summed E-state index contributed by atoms with van der Waals surface area (Å²) in [7, 11) is 0. The lowest BCUT2D eigenvalue weighted by atomic mass is 10.3. The lowest BCUT2D eigenvalue weighted by molar-refractivity contribution is -0.142. The van der Waals surface area contributed by atoms with E-state index in [0.717, 1.165) is 10.2 Å². The van der Waals surface area contributed by atoms with Gasteiger partial charge in [-0.2, -0.15) is 11.8 Å². The molecule has 1 N–H and O–H groups in total. The maximum Gasteiger partial charge on any atom is 0.306 e. The first-order chi connectivity index (χ1) is 10.2. The van der Waals surface area contributed by atoms with Crippen molar-refractivity contribution in [1.82, 2.24) is 4.98 Å². The van der Waals surface area contributed by atoms with Gasteiger partial charge in [0, 0.05) is 5.75 Å². The summed E-state index contributed by atoms with van der Waals surface area (Å²) in [4.78, 5) is 27.2. The largest absolute Gasteiger partial charge is 0.466 e. The molecule has 0 aliphatic carbocycles. The molecule has 1 amide bonds. The van der Waals surface area contributed by atoms with Crippen molar-refractivity contribution in [3.8, 4) is 0 Å². The second-order valence-electron chi connectivity index (χ2n) is 4.14. The minimum Gasteiger partial charge on any atom is -0.466 e. The Morgan fingerprint density at radius 3 is 2.95 bits per heavy atom. The average Bonchev–Trinajstić information content (AvgIpc) is 2.86.